The molecule has 0 radical (unpaired) electrons. The number of nitrogens with two attached hydrogens (primary N) is 1. The van der Waals surface area contributed by atoms with Gasteiger partial charge in [0.05, 0.1) is 12.7 Å². The van der Waals surface area contributed by atoms with Crippen molar-refractivity contribution in [3.63, 3.8) is 0 Å². The second-order valence-corrected chi connectivity index (χ2v) is 5.69. The van der Waals surface area contributed by atoms with Crippen molar-refractivity contribution in [1.82, 2.24) is 4.90 Å². The number of aryl methyl sites for hydroxylation is 2. The second-order valence-electron chi connectivity index (χ2n) is 5.69. The zero-order valence-corrected chi connectivity index (χ0v) is 12.8. The molecule has 4 heteroatoms. The van der Waals surface area contributed by atoms with Crippen LogP contribution in [-0.4, -0.2) is 49.9 Å². The lowest BCUT2D eigenvalue weighted by molar-refractivity contribution is -0.0402. The fourth-order valence-corrected chi connectivity index (χ4v) is 2.40. The van der Waals surface area contributed by atoms with Crippen molar-refractivity contribution in [3.05, 3.63) is 29.3 Å². The summed E-state index contributed by atoms with van der Waals surface area (Å²) in [6.45, 7) is 10.4. The van der Waals surface area contributed by atoms with Crippen LogP contribution in [-0.2, 0) is 4.74 Å². The van der Waals surface area contributed by atoms with E-state index in [0.29, 0.717) is 6.61 Å². The number of hydrogen-bond donors (Lipinski definition) is 1. The lowest BCUT2D eigenvalue weighted by atomic mass is 10.1. The van der Waals surface area contributed by atoms with E-state index in [0.717, 1.165) is 32.0 Å². The van der Waals surface area contributed by atoms with Gasteiger partial charge < -0.3 is 15.2 Å². The van der Waals surface area contributed by atoms with Gasteiger partial charge in [0.15, 0.2) is 0 Å². The van der Waals surface area contributed by atoms with E-state index in [-0.39, 0.29) is 12.1 Å². The Balaban J connectivity index is 1.79. The van der Waals surface area contributed by atoms with Gasteiger partial charge in [-0.15, -0.1) is 0 Å². The molecule has 2 atom stereocenters. The summed E-state index contributed by atoms with van der Waals surface area (Å²) in [6.07, 6.45) is 0.143. The van der Waals surface area contributed by atoms with Crippen molar-refractivity contribution in [2.24, 2.45) is 5.73 Å². The lowest BCUT2D eigenvalue weighted by Gasteiger charge is -2.34. The van der Waals surface area contributed by atoms with E-state index < -0.39 is 0 Å². The van der Waals surface area contributed by atoms with E-state index in [2.05, 4.69) is 36.9 Å². The van der Waals surface area contributed by atoms with Gasteiger partial charge in [0, 0.05) is 25.7 Å². The molecule has 112 valence electrons. The number of morpholine rings is 1. The first-order valence-corrected chi connectivity index (χ1v) is 7.36. The lowest BCUT2D eigenvalue weighted by Crippen LogP contribution is -2.50. The first-order valence-electron chi connectivity index (χ1n) is 7.36. The monoisotopic (exact) mass is 278 g/mol. The molecule has 0 spiro atoms. The fraction of sp³-hybridized carbons (Fsp3) is 0.625. The van der Waals surface area contributed by atoms with Gasteiger partial charge in [-0.25, -0.2) is 0 Å². The minimum Gasteiger partial charge on any atom is -0.492 e. The third kappa shape index (κ3) is 4.20. The molecule has 1 aromatic rings. The minimum atomic E-state index is 0.0812. The highest BCUT2D eigenvalue weighted by atomic mass is 16.5. The maximum absolute atomic E-state index is 5.90. The van der Waals surface area contributed by atoms with Gasteiger partial charge in [0.25, 0.3) is 0 Å². The van der Waals surface area contributed by atoms with Gasteiger partial charge in [-0.3, -0.25) is 4.90 Å². The van der Waals surface area contributed by atoms with E-state index >= 15 is 0 Å². The SMILES string of the molecule is Cc1ccc(C)c(OCCN2CCOC(C(C)N)C2)c1. The molecule has 1 heterocycles. The smallest absolute Gasteiger partial charge is 0.122 e. The Bertz CT molecular complexity index is 434. The number of nitrogens with zero attached hydrogens (tertiary/aromatic N) is 1. The van der Waals surface area contributed by atoms with E-state index in [1.165, 1.54) is 11.1 Å². The number of benzene rings is 1. The highest BCUT2D eigenvalue weighted by Gasteiger charge is 2.23. The Kier molecular flexibility index (Phi) is 5.40. The molecule has 0 aromatic heterocycles. The topological polar surface area (TPSA) is 47.7 Å². The molecule has 1 aromatic carbocycles. The van der Waals surface area contributed by atoms with Gasteiger partial charge in [-0.2, -0.15) is 0 Å². The molecule has 0 aliphatic carbocycles. The van der Waals surface area contributed by atoms with E-state index in [4.69, 9.17) is 15.2 Å². The van der Waals surface area contributed by atoms with Crippen LogP contribution in [0.25, 0.3) is 0 Å². The summed E-state index contributed by atoms with van der Waals surface area (Å²) in [6, 6.07) is 6.39. The molecule has 2 unspecified atom stereocenters. The molecule has 1 fully saturated rings. The number of rotatable bonds is 5. The molecular weight excluding hydrogens is 252 g/mol. The summed E-state index contributed by atoms with van der Waals surface area (Å²) in [5, 5.41) is 0. The number of ether oxygens (including phenoxy) is 2. The summed E-state index contributed by atoms with van der Waals surface area (Å²) in [7, 11) is 0. The van der Waals surface area contributed by atoms with Crippen molar-refractivity contribution < 1.29 is 9.47 Å². The summed E-state index contributed by atoms with van der Waals surface area (Å²) < 4.78 is 11.6. The van der Waals surface area contributed by atoms with Crippen molar-refractivity contribution in [2.75, 3.05) is 32.8 Å². The van der Waals surface area contributed by atoms with Gasteiger partial charge >= 0.3 is 0 Å². The van der Waals surface area contributed by atoms with Crippen molar-refractivity contribution in [3.8, 4) is 5.75 Å². The van der Waals surface area contributed by atoms with Gasteiger partial charge in [0.1, 0.15) is 12.4 Å². The van der Waals surface area contributed by atoms with Crippen molar-refractivity contribution >= 4 is 0 Å². The normalized spacial score (nSPS) is 21.7. The average molecular weight is 278 g/mol. The van der Waals surface area contributed by atoms with Crippen LogP contribution in [0.4, 0.5) is 0 Å². The van der Waals surface area contributed by atoms with E-state index in [1.54, 1.807) is 0 Å². The quantitative estimate of drug-likeness (QED) is 0.891. The molecule has 0 bridgehead atoms. The maximum Gasteiger partial charge on any atom is 0.122 e. The second kappa shape index (κ2) is 7.07. The van der Waals surface area contributed by atoms with Crippen LogP contribution in [0, 0.1) is 13.8 Å². The predicted octanol–water partition coefficient (Wildman–Crippen LogP) is 1.73. The van der Waals surface area contributed by atoms with Crippen molar-refractivity contribution in [2.45, 2.75) is 32.9 Å². The standard InChI is InChI=1S/C16H26N2O2/c1-12-4-5-13(2)15(10-12)19-8-6-18-7-9-20-16(11-18)14(3)17/h4-5,10,14,16H,6-9,11,17H2,1-3H3. The zero-order chi connectivity index (χ0) is 14.5. The van der Waals surface area contributed by atoms with Crippen LogP contribution in [0.15, 0.2) is 18.2 Å². The van der Waals surface area contributed by atoms with Crippen LogP contribution < -0.4 is 10.5 Å². The predicted molar refractivity (Wildman–Crippen MR) is 81.2 cm³/mol. The van der Waals surface area contributed by atoms with Gasteiger partial charge in [-0.05, 0) is 38.0 Å². The Hall–Kier alpha value is -1.10. The Labute approximate surface area is 121 Å². The molecule has 20 heavy (non-hydrogen) atoms. The zero-order valence-electron chi connectivity index (χ0n) is 12.8. The van der Waals surface area contributed by atoms with Gasteiger partial charge in [-0.1, -0.05) is 12.1 Å². The summed E-state index contributed by atoms with van der Waals surface area (Å²) in [5.41, 5.74) is 8.32. The summed E-state index contributed by atoms with van der Waals surface area (Å²) >= 11 is 0. The maximum atomic E-state index is 5.90. The van der Waals surface area contributed by atoms with Crippen LogP contribution in [0.3, 0.4) is 0 Å². The molecule has 2 rings (SSSR count). The minimum absolute atomic E-state index is 0.0812. The third-order valence-electron chi connectivity index (χ3n) is 3.77. The van der Waals surface area contributed by atoms with Crippen LogP contribution in [0.2, 0.25) is 0 Å². The van der Waals surface area contributed by atoms with E-state index in [9.17, 15) is 0 Å². The highest BCUT2D eigenvalue weighted by Crippen LogP contribution is 2.19. The largest absolute Gasteiger partial charge is 0.492 e. The molecule has 1 saturated heterocycles. The Morgan fingerprint density at radius 3 is 3.00 bits per heavy atom. The molecule has 1 aliphatic heterocycles. The number of hydrogen-bond acceptors (Lipinski definition) is 4. The summed E-state index contributed by atoms with van der Waals surface area (Å²) in [4.78, 5) is 2.36. The van der Waals surface area contributed by atoms with Crippen LogP contribution >= 0.6 is 0 Å². The Morgan fingerprint density at radius 2 is 2.25 bits per heavy atom. The Morgan fingerprint density at radius 1 is 1.45 bits per heavy atom. The molecule has 0 saturated carbocycles. The third-order valence-corrected chi connectivity index (χ3v) is 3.77. The summed E-state index contributed by atoms with van der Waals surface area (Å²) in [5.74, 6) is 0.988. The van der Waals surface area contributed by atoms with Crippen LogP contribution in [0.1, 0.15) is 18.1 Å². The first kappa shape index (κ1) is 15.3. The van der Waals surface area contributed by atoms with E-state index in [1.807, 2.05) is 6.92 Å². The van der Waals surface area contributed by atoms with Crippen LogP contribution in [0.5, 0.6) is 5.75 Å². The first-order chi connectivity index (χ1) is 9.56. The fourth-order valence-electron chi connectivity index (χ4n) is 2.40. The highest BCUT2D eigenvalue weighted by molar-refractivity contribution is 5.35. The van der Waals surface area contributed by atoms with Gasteiger partial charge in [0.2, 0.25) is 0 Å². The molecule has 4 nitrogen and oxygen atoms in total. The van der Waals surface area contributed by atoms with Crippen molar-refractivity contribution in [1.29, 1.82) is 0 Å². The molecular formula is C16H26N2O2. The molecule has 1 aliphatic rings. The molecule has 2 N–H and O–H groups in total. The average Bonchev–Trinajstić information content (AvgIpc) is 2.43. The molecule has 0 amide bonds.